The van der Waals surface area contributed by atoms with Crippen molar-refractivity contribution in [3.8, 4) is 0 Å². The molecule has 0 aliphatic carbocycles. The van der Waals surface area contributed by atoms with Crippen molar-refractivity contribution in [1.82, 2.24) is 5.32 Å². The number of urea groups is 1. The van der Waals surface area contributed by atoms with Gasteiger partial charge in [0.05, 0.1) is 11.8 Å². The molecule has 2 rings (SSSR count). The normalized spacial score (nSPS) is 18.7. The zero-order valence-corrected chi connectivity index (χ0v) is 12.9. The van der Waals surface area contributed by atoms with E-state index in [0.717, 1.165) is 34.1 Å². The van der Waals surface area contributed by atoms with Crippen molar-refractivity contribution in [2.75, 3.05) is 18.5 Å². The summed E-state index contributed by atoms with van der Waals surface area (Å²) in [6.07, 6.45) is 2.25. The molecule has 98 valence electrons. The van der Waals surface area contributed by atoms with Crippen LogP contribution in [0.15, 0.2) is 27.1 Å². The second kappa shape index (κ2) is 6.54. The predicted molar refractivity (Wildman–Crippen MR) is 77.8 cm³/mol. The molecular formula is C12H14Br2N2O2. The topological polar surface area (TPSA) is 50.4 Å². The minimum absolute atomic E-state index is 0.157. The monoisotopic (exact) mass is 376 g/mol. The zero-order valence-electron chi connectivity index (χ0n) is 9.71. The SMILES string of the molecule is O=C(NCC1CCCO1)Nc1ccc(Br)cc1Br. The predicted octanol–water partition coefficient (Wildman–Crippen LogP) is 3.51. The quantitative estimate of drug-likeness (QED) is 0.846. The van der Waals surface area contributed by atoms with Crippen LogP contribution in [-0.2, 0) is 4.74 Å². The maximum atomic E-state index is 11.7. The van der Waals surface area contributed by atoms with Crippen LogP contribution in [0.1, 0.15) is 12.8 Å². The highest BCUT2D eigenvalue weighted by molar-refractivity contribution is 9.11. The van der Waals surface area contributed by atoms with E-state index in [4.69, 9.17) is 4.74 Å². The molecule has 1 aliphatic heterocycles. The van der Waals surface area contributed by atoms with E-state index in [1.54, 1.807) is 0 Å². The van der Waals surface area contributed by atoms with Crippen molar-refractivity contribution in [3.05, 3.63) is 27.1 Å². The van der Waals surface area contributed by atoms with Gasteiger partial charge in [-0.3, -0.25) is 0 Å². The Morgan fingerprint density at radius 2 is 2.28 bits per heavy atom. The Balaban J connectivity index is 1.82. The van der Waals surface area contributed by atoms with Crippen LogP contribution < -0.4 is 10.6 Å². The number of anilines is 1. The van der Waals surface area contributed by atoms with Crippen molar-refractivity contribution in [2.24, 2.45) is 0 Å². The summed E-state index contributed by atoms with van der Waals surface area (Å²) in [5.74, 6) is 0. The minimum atomic E-state index is -0.214. The Morgan fingerprint density at radius 1 is 1.44 bits per heavy atom. The first-order chi connectivity index (χ1) is 8.65. The van der Waals surface area contributed by atoms with E-state index in [1.807, 2.05) is 18.2 Å². The molecule has 18 heavy (non-hydrogen) atoms. The number of halogens is 2. The van der Waals surface area contributed by atoms with Crippen LogP contribution in [0.5, 0.6) is 0 Å². The van der Waals surface area contributed by atoms with E-state index in [0.29, 0.717) is 6.54 Å². The minimum Gasteiger partial charge on any atom is -0.376 e. The molecule has 1 unspecified atom stereocenters. The summed E-state index contributed by atoms with van der Waals surface area (Å²) in [6, 6.07) is 5.38. The van der Waals surface area contributed by atoms with Crippen LogP contribution in [0.25, 0.3) is 0 Å². The van der Waals surface area contributed by atoms with Crippen molar-refractivity contribution >= 4 is 43.6 Å². The van der Waals surface area contributed by atoms with E-state index in [-0.39, 0.29) is 12.1 Å². The maximum Gasteiger partial charge on any atom is 0.319 e. The molecule has 2 amide bonds. The Morgan fingerprint density at radius 3 is 2.94 bits per heavy atom. The number of benzene rings is 1. The van der Waals surface area contributed by atoms with Gasteiger partial charge in [0.15, 0.2) is 0 Å². The van der Waals surface area contributed by atoms with E-state index < -0.39 is 0 Å². The fourth-order valence-corrected chi connectivity index (χ4v) is 2.92. The van der Waals surface area contributed by atoms with Gasteiger partial charge >= 0.3 is 6.03 Å². The van der Waals surface area contributed by atoms with E-state index in [2.05, 4.69) is 42.5 Å². The Labute approximate surface area is 123 Å². The first-order valence-corrected chi connectivity index (χ1v) is 7.35. The first-order valence-electron chi connectivity index (χ1n) is 5.76. The first kappa shape index (κ1) is 13.8. The molecule has 1 atom stereocenters. The van der Waals surface area contributed by atoms with Gasteiger partial charge in [-0.05, 0) is 47.0 Å². The van der Waals surface area contributed by atoms with Crippen molar-refractivity contribution in [3.63, 3.8) is 0 Å². The van der Waals surface area contributed by atoms with Crippen molar-refractivity contribution in [2.45, 2.75) is 18.9 Å². The van der Waals surface area contributed by atoms with Gasteiger partial charge < -0.3 is 15.4 Å². The number of hydrogen-bond acceptors (Lipinski definition) is 2. The molecule has 1 heterocycles. The van der Waals surface area contributed by atoms with Gasteiger partial charge in [-0.25, -0.2) is 4.79 Å². The van der Waals surface area contributed by atoms with Gasteiger partial charge in [0.25, 0.3) is 0 Å². The smallest absolute Gasteiger partial charge is 0.319 e. The molecule has 2 N–H and O–H groups in total. The van der Waals surface area contributed by atoms with Crippen molar-refractivity contribution in [1.29, 1.82) is 0 Å². The number of rotatable bonds is 3. The number of carbonyl (C=O) groups is 1. The molecule has 1 fully saturated rings. The van der Waals surface area contributed by atoms with E-state index in [9.17, 15) is 4.79 Å². The highest BCUT2D eigenvalue weighted by Gasteiger charge is 2.16. The molecule has 0 spiro atoms. The maximum absolute atomic E-state index is 11.7. The van der Waals surface area contributed by atoms with E-state index >= 15 is 0 Å². The molecule has 1 aromatic carbocycles. The lowest BCUT2D eigenvalue weighted by molar-refractivity contribution is 0.112. The zero-order chi connectivity index (χ0) is 13.0. The summed E-state index contributed by atoms with van der Waals surface area (Å²) in [4.78, 5) is 11.7. The fraction of sp³-hybridized carbons (Fsp3) is 0.417. The molecule has 0 radical (unpaired) electrons. The van der Waals surface area contributed by atoms with Gasteiger partial charge in [0.1, 0.15) is 0 Å². The molecule has 0 saturated carbocycles. The highest BCUT2D eigenvalue weighted by atomic mass is 79.9. The van der Waals surface area contributed by atoms with Gasteiger partial charge in [-0.1, -0.05) is 15.9 Å². The van der Waals surface area contributed by atoms with E-state index in [1.165, 1.54) is 0 Å². The number of hydrogen-bond donors (Lipinski definition) is 2. The summed E-state index contributed by atoms with van der Waals surface area (Å²) in [5, 5.41) is 5.60. The molecule has 6 heteroatoms. The second-order valence-electron chi connectivity index (χ2n) is 4.09. The molecule has 4 nitrogen and oxygen atoms in total. The van der Waals surface area contributed by atoms with Crippen LogP contribution in [-0.4, -0.2) is 25.3 Å². The van der Waals surface area contributed by atoms with Gasteiger partial charge in [-0.2, -0.15) is 0 Å². The molecule has 1 aromatic rings. The summed E-state index contributed by atoms with van der Waals surface area (Å²) >= 11 is 6.76. The molecule has 1 aliphatic rings. The lowest BCUT2D eigenvalue weighted by atomic mass is 10.2. The van der Waals surface area contributed by atoms with Crippen molar-refractivity contribution < 1.29 is 9.53 Å². The lowest BCUT2D eigenvalue weighted by Crippen LogP contribution is -2.35. The number of ether oxygens (including phenoxy) is 1. The molecule has 0 aromatic heterocycles. The molecule has 0 bridgehead atoms. The Kier molecular flexibility index (Phi) is 5.03. The van der Waals surface area contributed by atoms with Crippen LogP contribution in [0.3, 0.4) is 0 Å². The summed E-state index contributed by atoms with van der Waals surface area (Å²) in [5.41, 5.74) is 0.739. The Hall–Kier alpha value is -0.590. The Bertz CT molecular complexity index is 434. The van der Waals surface area contributed by atoms with Gasteiger partial charge in [0, 0.05) is 22.1 Å². The van der Waals surface area contributed by atoms with Crippen LogP contribution in [0.4, 0.5) is 10.5 Å². The molecular weight excluding hydrogens is 364 g/mol. The van der Waals surface area contributed by atoms with Crippen LogP contribution in [0, 0.1) is 0 Å². The average Bonchev–Trinajstić information content (AvgIpc) is 2.83. The standard InChI is InChI=1S/C12H14Br2N2O2/c13-8-3-4-11(10(14)6-8)16-12(17)15-7-9-2-1-5-18-9/h3-4,6,9H,1-2,5,7H2,(H2,15,16,17). The van der Waals surface area contributed by atoms with Crippen LogP contribution >= 0.6 is 31.9 Å². The number of amides is 2. The third kappa shape index (κ3) is 3.96. The summed E-state index contributed by atoms with van der Waals surface area (Å²) < 4.78 is 7.23. The lowest BCUT2D eigenvalue weighted by Gasteiger charge is -2.12. The molecule has 1 saturated heterocycles. The van der Waals surface area contributed by atoms with Gasteiger partial charge in [-0.15, -0.1) is 0 Å². The average molecular weight is 378 g/mol. The second-order valence-corrected chi connectivity index (χ2v) is 5.86. The third-order valence-electron chi connectivity index (χ3n) is 2.69. The fourth-order valence-electron chi connectivity index (χ4n) is 1.77. The highest BCUT2D eigenvalue weighted by Crippen LogP contribution is 2.25. The van der Waals surface area contributed by atoms with Gasteiger partial charge in [0.2, 0.25) is 0 Å². The number of nitrogens with one attached hydrogen (secondary N) is 2. The summed E-state index contributed by atoms with van der Waals surface area (Å²) in [6.45, 7) is 1.35. The summed E-state index contributed by atoms with van der Waals surface area (Å²) in [7, 11) is 0. The third-order valence-corrected chi connectivity index (χ3v) is 3.84. The largest absolute Gasteiger partial charge is 0.376 e. The number of carbonyl (C=O) groups excluding carboxylic acids is 1. The van der Waals surface area contributed by atoms with Crippen LogP contribution in [0.2, 0.25) is 0 Å².